The Morgan fingerprint density at radius 1 is 1.67 bits per heavy atom. The number of halogens is 1. The van der Waals surface area contributed by atoms with Gasteiger partial charge in [0.2, 0.25) is 0 Å². The standard InChI is InChI=1S/C10H11ClN2O2/c1-10(2-3-10)13-8-7(11)4-6(5-12-8)9(14)15/h4-5H,2-3H2,1H3,(H,12,13)(H,14,15). The van der Waals surface area contributed by atoms with Crippen molar-refractivity contribution >= 4 is 23.4 Å². The Bertz CT molecular complexity index is 416. The topological polar surface area (TPSA) is 62.2 Å². The Labute approximate surface area is 92.3 Å². The Morgan fingerprint density at radius 2 is 2.33 bits per heavy atom. The molecule has 1 aromatic rings. The summed E-state index contributed by atoms with van der Waals surface area (Å²) in [4.78, 5) is 14.6. The van der Waals surface area contributed by atoms with Gasteiger partial charge < -0.3 is 10.4 Å². The lowest BCUT2D eigenvalue weighted by molar-refractivity contribution is 0.0696. The average Bonchev–Trinajstić information content (AvgIpc) is 2.87. The Morgan fingerprint density at radius 3 is 2.80 bits per heavy atom. The van der Waals surface area contributed by atoms with Crippen LogP contribution >= 0.6 is 11.6 Å². The minimum absolute atomic E-state index is 0.0847. The molecule has 1 saturated carbocycles. The summed E-state index contributed by atoms with van der Waals surface area (Å²) in [5.74, 6) is -0.463. The van der Waals surface area contributed by atoms with Crippen molar-refractivity contribution in [2.45, 2.75) is 25.3 Å². The van der Waals surface area contributed by atoms with Crippen molar-refractivity contribution in [3.8, 4) is 0 Å². The number of hydrogen-bond acceptors (Lipinski definition) is 3. The zero-order chi connectivity index (χ0) is 11.1. The first kappa shape index (κ1) is 10.2. The molecule has 0 aromatic carbocycles. The molecule has 4 nitrogen and oxygen atoms in total. The third kappa shape index (κ3) is 2.21. The summed E-state index contributed by atoms with van der Waals surface area (Å²) in [6.45, 7) is 2.08. The molecule has 0 amide bonds. The predicted molar refractivity (Wildman–Crippen MR) is 57.5 cm³/mol. The summed E-state index contributed by atoms with van der Waals surface area (Å²) in [5, 5.41) is 12.3. The van der Waals surface area contributed by atoms with Gasteiger partial charge in [0.25, 0.3) is 0 Å². The molecule has 2 N–H and O–H groups in total. The maximum Gasteiger partial charge on any atom is 0.337 e. The van der Waals surface area contributed by atoms with Crippen molar-refractivity contribution in [1.82, 2.24) is 4.98 Å². The molecule has 1 aromatic heterocycles. The summed E-state index contributed by atoms with van der Waals surface area (Å²) in [6, 6.07) is 1.41. The van der Waals surface area contributed by atoms with E-state index in [1.807, 2.05) is 0 Å². The van der Waals surface area contributed by atoms with E-state index in [0.717, 1.165) is 12.8 Å². The first-order chi connectivity index (χ1) is 7.00. The highest BCUT2D eigenvalue weighted by Crippen LogP contribution is 2.39. The van der Waals surface area contributed by atoms with Gasteiger partial charge in [0, 0.05) is 11.7 Å². The Kier molecular flexibility index (Phi) is 2.31. The molecular weight excluding hydrogens is 216 g/mol. The van der Waals surface area contributed by atoms with Crippen LogP contribution in [0.2, 0.25) is 5.02 Å². The van der Waals surface area contributed by atoms with E-state index in [9.17, 15) is 4.79 Å². The Hall–Kier alpha value is -1.29. The number of carboxylic acids is 1. The van der Waals surface area contributed by atoms with E-state index in [4.69, 9.17) is 16.7 Å². The maximum atomic E-state index is 10.6. The van der Waals surface area contributed by atoms with Gasteiger partial charge in [-0.1, -0.05) is 11.6 Å². The van der Waals surface area contributed by atoms with E-state index in [2.05, 4.69) is 17.2 Å². The summed E-state index contributed by atoms with van der Waals surface area (Å²) < 4.78 is 0. The number of rotatable bonds is 3. The Balaban J connectivity index is 2.22. The molecule has 0 spiro atoms. The normalized spacial score (nSPS) is 17.2. The molecule has 1 aliphatic rings. The largest absolute Gasteiger partial charge is 0.478 e. The number of hydrogen-bond donors (Lipinski definition) is 2. The van der Waals surface area contributed by atoms with Crippen LogP contribution in [0.5, 0.6) is 0 Å². The molecule has 5 heteroatoms. The average molecular weight is 227 g/mol. The second-order valence-electron chi connectivity index (χ2n) is 4.05. The van der Waals surface area contributed by atoms with Crippen molar-refractivity contribution in [3.05, 3.63) is 22.8 Å². The first-order valence-electron chi connectivity index (χ1n) is 4.67. The number of aromatic carboxylic acids is 1. The van der Waals surface area contributed by atoms with Crippen molar-refractivity contribution in [3.63, 3.8) is 0 Å². The monoisotopic (exact) mass is 226 g/mol. The number of carboxylic acid groups (broad SMARTS) is 1. The molecule has 80 valence electrons. The van der Waals surface area contributed by atoms with Gasteiger partial charge in [-0.15, -0.1) is 0 Å². The molecule has 0 unspecified atom stereocenters. The fourth-order valence-electron chi connectivity index (χ4n) is 1.25. The quantitative estimate of drug-likeness (QED) is 0.831. The van der Waals surface area contributed by atoms with Crippen LogP contribution in [0.3, 0.4) is 0 Å². The summed E-state index contributed by atoms with van der Waals surface area (Å²) >= 11 is 5.92. The second-order valence-corrected chi connectivity index (χ2v) is 4.45. The van der Waals surface area contributed by atoms with Gasteiger partial charge in [-0.3, -0.25) is 0 Å². The van der Waals surface area contributed by atoms with Crippen molar-refractivity contribution in [1.29, 1.82) is 0 Å². The zero-order valence-electron chi connectivity index (χ0n) is 8.25. The smallest absolute Gasteiger partial charge is 0.337 e. The van der Waals surface area contributed by atoms with Gasteiger partial charge in [-0.05, 0) is 25.8 Å². The summed E-state index contributed by atoms with van der Waals surface area (Å²) in [7, 11) is 0. The number of nitrogens with zero attached hydrogens (tertiary/aromatic N) is 1. The first-order valence-corrected chi connectivity index (χ1v) is 5.05. The predicted octanol–water partition coefficient (Wildman–Crippen LogP) is 2.40. The highest BCUT2D eigenvalue weighted by atomic mass is 35.5. The van der Waals surface area contributed by atoms with Crippen LogP contribution in [0.15, 0.2) is 12.3 Å². The van der Waals surface area contributed by atoms with Crippen molar-refractivity contribution < 1.29 is 9.90 Å². The maximum absolute atomic E-state index is 10.6. The van der Waals surface area contributed by atoms with E-state index < -0.39 is 5.97 Å². The van der Waals surface area contributed by atoms with Crippen LogP contribution in [0.25, 0.3) is 0 Å². The minimum Gasteiger partial charge on any atom is -0.478 e. The fourth-order valence-corrected chi connectivity index (χ4v) is 1.46. The molecule has 1 aliphatic carbocycles. The van der Waals surface area contributed by atoms with Gasteiger partial charge in [0.15, 0.2) is 0 Å². The van der Waals surface area contributed by atoms with Crippen molar-refractivity contribution in [2.75, 3.05) is 5.32 Å². The molecule has 0 atom stereocenters. The second kappa shape index (κ2) is 3.38. The van der Waals surface area contributed by atoms with Gasteiger partial charge in [-0.25, -0.2) is 9.78 Å². The van der Waals surface area contributed by atoms with Crippen LogP contribution in [-0.2, 0) is 0 Å². The number of pyridine rings is 1. The number of aromatic nitrogens is 1. The molecular formula is C10H11ClN2O2. The van der Waals surface area contributed by atoms with Gasteiger partial charge in [-0.2, -0.15) is 0 Å². The molecule has 0 aliphatic heterocycles. The molecule has 1 fully saturated rings. The number of nitrogens with one attached hydrogen (secondary N) is 1. The summed E-state index contributed by atoms with van der Waals surface area (Å²) in [5.41, 5.74) is 0.188. The van der Waals surface area contributed by atoms with Crippen LogP contribution in [-0.4, -0.2) is 21.6 Å². The minimum atomic E-state index is -1.02. The number of anilines is 1. The van der Waals surface area contributed by atoms with Crippen LogP contribution in [0.4, 0.5) is 5.82 Å². The molecule has 0 bridgehead atoms. The lowest BCUT2D eigenvalue weighted by atomic mass is 10.2. The van der Waals surface area contributed by atoms with Crippen LogP contribution in [0.1, 0.15) is 30.1 Å². The van der Waals surface area contributed by atoms with E-state index >= 15 is 0 Å². The van der Waals surface area contributed by atoms with E-state index in [1.54, 1.807) is 0 Å². The van der Waals surface area contributed by atoms with E-state index in [1.165, 1.54) is 12.3 Å². The van der Waals surface area contributed by atoms with Crippen LogP contribution < -0.4 is 5.32 Å². The van der Waals surface area contributed by atoms with Crippen molar-refractivity contribution in [2.24, 2.45) is 0 Å². The highest BCUT2D eigenvalue weighted by Gasteiger charge is 2.37. The number of carbonyl (C=O) groups is 1. The molecule has 15 heavy (non-hydrogen) atoms. The molecule has 1 heterocycles. The van der Waals surface area contributed by atoms with E-state index in [-0.39, 0.29) is 11.1 Å². The SMILES string of the molecule is CC1(Nc2ncc(C(=O)O)cc2Cl)CC1. The highest BCUT2D eigenvalue weighted by molar-refractivity contribution is 6.33. The third-order valence-electron chi connectivity index (χ3n) is 2.51. The molecule has 2 rings (SSSR count). The molecule has 0 saturated heterocycles. The third-order valence-corrected chi connectivity index (χ3v) is 2.80. The zero-order valence-corrected chi connectivity index (χ0v) is 9.01. The van der Waals surface area contributed by atoms with Crippen LogP contribution in [0, 0.1) is 0 Å². The molecule has 0 radical (unpaired) electrons. The van der Waals surface area contributed by atoms with Gasteiger partial charge in [0.05, 0.1) is 10.6 Å². The van der Waals surface area contributed by atoms with Gasteiger partial charge in [0.1, 0.15) is 5.82 Å². The lowest BCUT2D eigenvalue weighted by Gasteiger charge is -2.13. The fraction of sp³-hybridized carbons (Fsp3) is 0.400. The summed E-state index contributed by atoms with van der Waals surface area (Å²) in [6.07, 6.45) is 3.49. The van der Waals surface area contributed by atoms with E-state index in [0.29, 0.717) is 10.8 Å². The lowest BCUT2D eigenvalue weighted by Crippen LogP contribution is -2.17. The van der Waals surface area contributed by atoms with Gasteiger partial charge >= 0.3 is 5.97 Å².